The summed E-state index contributed by atoms with van der Waals surface area (Å²) in [5.74, 6) is 0.580. The van der Waals surface area contributed by atoms with E-state index in [9.17, 15) is 0 Å². The molecule has 138 valence electrons. The highest BCUT2D eigenvalue weighted by Crippen LogP contribution is 2.29. The first-order valence-corrected chi connectivity index (χ1v) is 9.18. The van der Waals surface area contributed by atoms with Crippen LogP contribution in [0, 0.1) is 13.8 Å². The molecule has 1 aliphatic heterocycles. The van der Waals surface area contributed by atoms with Crippen LogP contribution in [0.25, 0.3) is 16.7 Å². The molecule has 0 atom stereocenters. The first-order chi connectivity index (χ1) is 13.2. The van der Waals surface area contributed by atoms with Crippen molar-refractivity contribution in [3.63, 3.8) is 0 Å². The molecule has 5 rings (SSSR count). The molecule has 4 aromatic heterocycles. The fourth-order valence-corrected chi connectivity index (χ4v) is 3.70. The summed E-state index contributed by atoms with van der Waals surface area (Å²) in [7, 11) is 0. The molecule has 0 aliphatic carbocycles. The van der Waals surface area contributed by atoms with Crippen molar-refractivity contribution in [1.82, 2.24) is 29.1 Å². The number of aryl methyl sites for hydroxylation is 2. The van der Waals surface area contributed by atoms with Crippen molar-refractivity contribution in [3.05, 3.63) is 42.1 Å². The lowest BCUT2D eigenvalue weighted by Crippen LogP contribution is -2.19. The van der Waals surface area contributed by atoms with Gasteiger partial charge in [-0.15, -0.1) is 0 Å². The maximum absolute atomic E-state index is 5.51. The number of ether oxygens (including phenoxy) is 1. The normalized spacial score (nSPS) is 15.6. The average molecular weight is 363 g/mol. The fraction of sp³-hybridized carbons (Fsp3) is 0.368. The summed E-state index contributed by atoms with van der Waals surface area (Å²) in [5.41, 5.74) is 4.96. The van der Waals surface area contributed by atoms with E-state index < -0.39 is 0 Å². The van der Waals surface area contributed by atoms with Gasteiger partial charge in [-0.05, 0) is 43.9 Å². The molecule has 5 heterocycles. The van der Waals surface area contributed by atoms with Crippen LogP contribution in [0.2, 0.25) is 0 Å². The van der Waals surface area contributed by atoms with Crippen LogP contribution in [-0.2, 0) is 4.74 Å². The summed E-state index contributed by atoms with van der Waals surface area (Å²) in [6.07, 6.45) is 9.57. The van der Waals surface area contributed by atoms with Crippen LogP contribution in [0.1, 0.15) is 30.0 Å². The van der Waals surface area contributed by atoms with E-state index >= 15 is 0 Å². The summed E-state index contributed by atoms with van der Waals surface area (Å²) in [6, 6.07) is 2.41. The Balaban J connectivity index is 1.54. The van der Waals surface area contributed by atoms with E-state index in [-0.39, 0.29) is 0 Å². The van der Waals surface area contributed by atoms with Gasteiger partial charge in [0, 0.05) is 37.0 Å². The highest BCUT2D eigenvalue weighted by atomic mass is 16.5. The number of hydrogen-bond donors (Lipinski definition) is 1. The lowest BCUT2D eigenvalue weighted by Gasteiger charge is -2.24. The largest absolute Gasteiger partial charge is 0.381 e. The number of nitrogens with zero attached hydrogens (tertiary/aromatic N) is 6. The van der Waals surface area contributed by atoms with Gasteiger partial charge in [0.2, 0.25) is 5.95 Å². The van der Waals surface area contributed by atoms with Crippen LogP contribution in [0.5, 0.6) is 0 Å². The minimum atomic E-state index is 0.422. The number of anilines is 2. The quantitative estimate of drug-likeness (QED) is 0.602. The van der Waals surface area contributed by atoms with Crippen LogP contribution in [0.4, 0.5) is 11.6 Å². The first-order valence-electron chi connectivity index (χ1n) is 9.18. The number of aromatic nitrogens is 6. The Morgan fingerprint density at radius 2 is 1.96 bits per heavy atom. The zero-order valence-electron chi connectivity index (χ0n) is 15.4. The highest BCUT2D eigenvalue weighted by molar-refractivity contribution is 5.81. The molecule has 0 aromatic carbocycles. The van der Waals surface area contributed by atoms with E-state index in [1.165, 1.54) is 5.56 Å². The van der Waals surface area contributed by atoms with Gasteiger partial charge in [0.25, 0.3) is 0 Å². The van der Waals surface area contributed by atoms with Crippen LogP contribution in [-0.4, -0.2) is 42.3 Å². The average Bonchev–Trinajstić information content (AvgIpc) is 3.26. The second-order valence-electron chi connectivity index (χ2n) is 7.05. The lowest BCUT2D eigenvalue weighted by atomic mass is 10.1. The first kappa shape index (κ1) is 16.2. The summed E-state index contributed by atoms with van der Waals surface area (Å²) < 4.78 is 9.54. The Kier molecular flexibility index (Phi) is 3.78. The number of nitrogens with one attached hydrogen (secondary N) is 1. The van der Waals surface area contributed by atoms with Crippen LogP contribution in [0.15, 0.2) is 31.0 Å². The van der Waals surface area contributed by atoms with E-state index in [0.717, 1.165) is 54.0 Å². The molecule has 0 amide bonds. The third-order valence-corrected chi connectivity index (χ3v) is 5.22. The highest BCUT2D eigenvalue weighted by Gasteiger charge is 2.20. The van der Waals surface area contributed by atoms with E-state index in [1.807, 2.05) is 25.4 Å². The van der Waals surface area contributed by atoms with Crippen molar-refractivity contribution in [1.29, 1.82) is 0 Å². The molecule has 27 heavy (non-hydrogen) atoms. The number of rotatable bonds is 3. The van der Waals surface area contributed by atoms with Gasteiger partial charge in [0.05, 0.1) is 11.9 Å². The molecule has 1 aliphatic rings. The number of fused-ring (bicyclic) bond motifs is 2. The minimum Gasteiger partial charge on any atom is -0.381 e. The number of hydrogen-bond acceptors (Lipinski definition) is 6. The van der Waals surface area contributed by atoms with Crippen molar-refractivity contribution >= 4 is 28.3 Å². The topological polar surface area (TPSA) is 82.2 Å². The SMILES string of the molecule is Cc1cc2ncnn2cc1Nc1ncc2c(C)cn(C3CCOCC3)c2n1. The Morgan fingerprint density at radius 3 is 2.81 bits per heavy atom. The van der Waals surface area contributed by atoms with Gasteiger partial charge < -0.3 is 14.6 Å². The zero-order valence-corrected chi connectivity index (χ0v) is 15.4. The summed E-state index contributed by atoms with van der Waals surface area (Å²) >= 11 is 0. The van der Waals surface area contributed by atoms with Crippen molar-refractivity contribution in [2.75, 3.05) is 18.5 Å². The molecule has 8 heteroatoms. The second-order valence-corrected chi connectivity index (χ2v) is 7.05. The maximum Gasteiger partial charge on any atom is 0.229 e. The Bertz CT molecular complexity index is 1120. The molecule has 1 N–H and O–H groups in total. The van der Waals surface area contributed by atoms with Gasteiger partial charge in [0.1, 0.15) is 12.0 Å². The molecule has 1 fully saturated rings. The van der Waals surface area contributed by atoms with Gasteiger partial charge in [-0.25, -0.2) is 14.5 Å². The predicted molar refractivity (Wildman–Crippen MR) is 102 cm³/mol. The van der Waals surface area contributed by atoms with Gasteiger partial charge >= 0.3 is 0 Å². The summed E-state index contributed by atoms with van der Waals surface area (Å²) in [4.78, 5) is 13.6. The third-order valence-electron chi connectivity index (χ3n) is 5.22. The molecule has 0 unspecified atom stereocenters. The molecular weight excluding hydrogens is 342 g/mol. The Morgan fingerprint density at radius 1 is 1.11 bits per heavy atom. The lowest BCUT2D eigenvalue weighted by molar-refractivity contribution is 0.0706. The molecule has 4 aromatic rings. The molecule has 0 saturated carbocycles. The third kappa shape index (κ3) is 2.82. The van der Waals surface area contributed by atoms with Crippen LogP contribution in [0.3, 0.4) is 0 Å². The van der Waals surface area contributed by atoms with Crippen molar-refractivity contribution in [2.45, 2.75) is 32.7 Å². The predicted octanol–water partition coefficient (Wildman–Crippen LogP) is 3.19. The molecule has 0 radical (unpaired) electrons. The van der Waals surface area contributed by atoms with Crippen molar-refractivity contribution in [2.24, 2.45) is 0 Å². The van der Waals surface area contributed by atoms with Gasteiger partial charge in [-0.1, -0.05) is 0 Å². The fourth-order valence-electron chi connectivity index (χ4n) is 3.70. The van der Waals surface area contributed by atoms with E-state index in [2.05, 4.69) is 38.1 Å². The maximum atomic E-state index is 5.51. The molecule has 1 saturated heterocycles. The summed E-state index contributed by atoms with van der Waals surface area (Å²) in [6.45, 7) is 5.75. The minimum absolute atomic E-state index is 0.422. The number of pyridine rings is 1. The smallest absolute Gasteiger partial charge is 0.229 e. The van der Waals surface area contributed by atoms with Gasteiger partial charge in [-0.2, -0.15) is 10.1 Å². The van der Waals surface area contributed by atoms with Crippen molar-refractivity contribution < 1.29 is 4.74 Å². The molecule has 8 nitrogen and oxygen atoms in total. The van der Waals surface area contributed by atoms with E-state index in [4.69, 9.17) is 9.72 Å². The Hall–Kier alpha value is -3.00. The summed E-state index contributed by atoms with van der Waals surface area (Å²) in [5, 5.41) is 8.63. The zero-order chi connectivity index (χ0) is 18.4. The van der Waals surface area contributed by atoms with Crippen LogP contribution < -0.4 is 5.32 Å². The van der Waals surface area contributed by atoms with Crippen LogP contribution >= 0.6 is 0 Å². The molecule has 0 spiro atoms. The Labute approximate surface area is 156 Å². The van der Waals surface area contributed by atoms with E-state index in [1.54, 1.807) is 10.8 Å². The monoisotopic (exact) mass is 363 g/mol. The van der Waals surface area contributed by atoms with Gasteiger partial charge in [0.15, 0.2) is 5.65 Å². The van der Waals surface area contributed by atoms with E-state index in [0.29, 0.717) is 12.0 Å². The molecular formula is C19H21N7O. The van der Waals surface area contributed by atoms with Gasteiger partial charge in [-0.3, -0.25) is 0 Å². The molecule has 0 bridgehead atoms. The van der Waals surface area contributed by atoms with Crippen molar-refractivity contribution in [3.8, 4) is 0 Å². The second kappa shape index (κ2) is 6.31. The standard InChI is InChI=1S/C19H21N7O/c1-12-7-17-21-11-22-26(17)10-16(12)23-19-20-8-15-13(2)9-25(18(15)24-19)14-3-5-27-6-4-14/h7-11,14H,3-6H2,1-2H3,(H,20,23,24).